The molecule has 5 heteroatoms. The van der Waals surface area contributed by atoms with Crippen molar-refractivity contribution in [2.24, 2.45) is 18.9 Å². The summed E-state index contributed by atoms with van der Waals surface area (Å²) in [5.74, 6) is 0.596. The number of allylic oxidation sites excluding steroid dienone is 1. The topological polar surface area (TPSA) is 68.9 Å². The van der Waals surface area contributed by atoms with Crippen LogP contribution in [0.15, 0.2) is 29.8 Å². The van der Waals surface area contributed by atoms with Crippen molar-refractivity contribution in [1.82, 2.24) is 9.47 Å². The number of benzene rings is 1. The molecule has 140 valence electrons. The summed E-state index contributed by atoms with van der Waals surface area (Å²) >= 11 is 0. The number of phenolic OH excluding ortho intramolecular Hbond substituents is 1. The highest BCUT2D eigenvalue weighted by Crippen LogP contribution is 2.50. The summed E-state index contributed by atoms with van der Waals surface area (Å²) in [7, 11) is 4.25. The Kier molecular flexibility index (Phi) is 4.34. The summed E-state index contributed by atoms with van der Waals surface area (Å²) in [6.07, 6.45) is 3.75. The smallest absolute Gasteiger partial charge is 0.116 e. The number of aliphatic hydroxyl groups is 2. The molecule has 0 amide bonds. The van der Waals surface area contributed by atoms with E-state index in [0.29, 0.717) is 5.75 Å². The molecule has 0 spiro atoms. The maximum Gasteiger partial charge on any atom is 0.116 e. The number of hydrogen-bond donors (Lipinski definition) is 3. The van der Waals surface area contributed by atoms with Gasteiger partial charge in [-0.05, 0) is 62.1 Å². The monoisotopic (exact) mass is 356 g/mol. The van der Waals surface area contributed by atoms with Crippen LogP contribution in [0.1, 0.15) is 30.6 Å². The molecule has 26 heavy (non-hydrogen) atoms. The Hall–Kier alpha value is -1.82. The Bertz CT molecular complexity index is 870. The first-order chi connectivity index (χ1) is 12.5. The standard InChI is InChI=1S/C21H28N2O3/c1-4-12(10-24)14-8-20-21-16(9-19(22(20)2)17(14)11-25)15-7-13(26)5-6-18(15)23(21)3/h4-7,14,17,19-20,24-26H,8-11H2,1-3H3/b12-4-/t14-,17+,19-,20-/m0/s1. The number of aliphatic hydroxyl groups excluding tert-OH is 2. The van der Waals surface area contributed by atoms with Gasteiger partial charge >= 0.3 is 0 Å². The minimum Gasteiger partial charge on any atom is -0.508 e. The van der Waals surface area contributed by atoms with E-state index < -0.39 is 0 Å². The first-order valence-corrected chi connectivity index (χ1v) is 9.40. The third-order valence-electron chi connectivity index (χ3n) is 6.81. The highest BCUT2D eigenvalue weighted by Gasteiger charge is 2.47. The number of phenols is 1. The van der Waals surface area contributed by atoms with E-state index in [4.69, 9.17) is 0 Å². The van der Waals surface area contributed by atoms with Gasteiger partial charge in [0.1, 0.15) is 5.75 Å². The number of hydrogen-bond acceptors (Lipinski definition) is 4. The van der Waals surface area contributed by atoms with E-state index in [-0.39, 0.29) is 37.1 Å². The average Bonchev–Trinajstić information content (AvgIpc) is 2.89. The van der Waals surface area contributed by atoms with Gasteiger partial charge in [0.25, 0.3) is 0 Å². The molecule has 2 aliphatic rings. The molecule has 0 unspecified atom stereocenters. The predicted octanol–water partition coefficient (Wildman–Crippen LogP) is 2.35. The van der Waals surface area contributed by atoms with Gasteiger partial charge < -0.3 is 19.9 Å². The maximum atomic E-state index is 10.2. The lowest BCUT2D eigenvalue weighted by atomic mass is 9.68. The molecule has 4 atom stereocenters. The van der Waals surface area contributed by atoms with Crippen molar-refractivity contribution in [3.63, 3.8) is 0 Å². The molecule has 1 aromatic heterocycles. The molecule has 0 radical (unpaired) electrons. The molecule has 3 N–H and O–H groups in total. The number of fused-ring (bicyclic) bond motifs is 6. The minimum absolute atomic E-state index is 0.0522. The molecule has 4 rings (SSSR count). The Morgan fingerprint density at radius 1 is 1.27 bits per heavy atom. The summed E-state index contributed by atoms with van der Waals surface area (Å²) in [6, 6.07) is 6.07. The third-order valence-corrected chi connectivity index (χ3v) is 6.81. The molecule has 1 saturated heterocycles. The van der Waals surface area contributed by atoms with E-state index in [2.05, 4.69) is 23.6 Å². The van der Waals surface area contributed by atoms with Crippen molar-refractivity contribution in [1.29, 1.82) is 0 Å². The van der Waals surface area contributed by atoms with Crippen LogP contribution in [0.2, 0.25) is 0 Å². The summed E-state index contributed by atoms with van der Waals surface area (Å²) in [6.45, 7) is 2.14. The average molecular weight is 356 g/mol. The van der Waals surface area contributed by atoms with Gasteiger partial charge in [0.05, 0.1) is 12.6 Å². The normalized spacial score (nSPS) is 29.2. The van der Waals surface area contributed by atoms with Crippen molar-refractivity contribution in [3.8, 4) is 5.75 Å². The molecular weight excluding hydrogens is 328 g/mol. The van der Waals surface area contributed by atoms with Gasteiger partial charge in [-0.15, -0.1) is 0 Å². The van der Waals surface area contributed by atoms with Gasteiger partial charge in [0, 0.05) is 42.2 Å². The Morgan fingerprint density at radius 2 is 2.04 bits per heavy atom. The fraction of sp³-hybridized carbons (Fsp3) is 0.524. The fourth-order valence-electron chi connectivity index (χ4n) is 5.46. The van der Waals surface area contributed by atoms with Crippen LogP contribution in [0.5, 0.6) is 5.75 Å². The van der Waals surface area contributed by atoms with Crippen molar-refractivity contribution < 1.29 is 15.3 Å². The van der Waals surface area contributed by atoms with E-state index in [1.54, 1.807) is 6.07 Å². The van der Waals surface area contributed by atoms with E-state index in [0.717, 1.165) is 29.3 Å². The highest BCUT2D eigenvalue weighted by molar-refractivity contribution is 5.87. The molecule has 5 nitrogen and oxygen atoms in total. The number of likely N-dealkylation sites (N-methyl/N-ethyl adjacent to an activating group) is 1. The summed E-state index contributed by atoms with van der Waals surface area (Å²) in [5, 5.41) is 31.1. The Morgan fingerprint density at radius 3 is 2.69 bits per heavy atom. The fourth-order valence-corrected chi connectivity index (χ4v) is 5.46. The van der Waals surface area contributed by atoms with Crippen molar-refractivity contribution in [2.45, 2.75) is 31.8 Å². The molecule has 2 aromatic rings. The summed E-state index contributed by atoms with van der Waals surface area (Å²) < 4.78 is 2.26. The zero-order valence-corrected chi connectivity index (χ0v) is 15.7. The summed E-state index contributed by atoms with van der Waals surface area (Å²) in [4.78, 5) is 2.41. The van der Waals surface area contributed by atoms with Crippen LogP contribution in [0, 0.1) is 11.8 Å². The number of piperidine rings is 1. The van der Waals surface area contributed by atoms with Crippen LogP contribution in [0.4, 0.5) is 0 Å². The largest absolute Gasteiger partial charge is 0.508 e. The van der Waals surface area contributed by atoms with E-state index in [9.17, 15) is 15.3 Å². The van der Waals surface area contributed by atoms with Crippen molar-refractivity contribution in [2.75, 3.05) is 20.3 Å². The Labute approximate surface area is 154 Å². The van der Waals surface area contributed by atoms with Crippen LogP contribution in [-0.2, 0) is 13.5 Å². The second-order valence-corrected chi connectivity index (χ2v) is 7.79. The zero-order chi connectivity index (χ0) is 18.6. The van der Waals surface area contributed by atoms with Gasteiger partial charge in [-0.2, -0.15) is 0 Å². The van der Waals surface area contributed by atoms with E-state index >= 15 is 0 Å². The SMILES string of the molecule is C/C=C(/CO)[C@@H]1C[C@H]2c3c(c4cc(O)ccc4n3C)C[C@@H]([C@@H]1CO)N2C. The first-order valence-electron chi connectivity index (χ1n) is 9.40. The molecule has 2 aliphatic heterocycles. The second-order valence-electron chi connectivity index (χ2n) is 7.79. The number of nitrogens with zero attached hydrogens (tertiary/aromatic N) is 2. The molecule has 0 aliphatic carbocycles. The van der Waals surface area contributed by atoms with Gasteiger partial charge in [-0.1, -0.05) is 6.08 Å². The quantitative estimate of drug-likeness (QED) is 0.739. The van der Waals surface area contributed by atoms with Gasteiger partial charge in [-0.25, -0.2) is 0 Å². The van der Waals surface area contributed by atoms with Crippen LogP contribution in [0.25, 0.3) is 10.9 Å². The van der Waals surface area contributed by atoms with Crippen LogP contribution in [-0.4, -0.2) is 51.1 Å². The van der Waals surface area contributed by atoms with Gasteiger partial charge in [0.2, 0.25) is 0 Å². The summed E-state index contributed by atoms with van der Waals surface area (Å²) in [5.41, 5.74) is 4.78. The molecular formula is C21H28N2O3. The lowest BCUT2D eigenvalue weighted by molar-refractivity contribution is -0.0103. The van der Waals surface area contributed by atoms with Crippen LogP contribution in [0.3, 0.4) is 0 Å². The third kappa shape index (κ3) is 2.34. The molecule has 3 heterocycles. The highest BCUT2D eigenvalue weighted by atomic mass is 16.3. The number of aromatic nitrogens is 1. The Balaban J connectivity index is 1.89. The molecule has 0 saturated carbocycles. The van der Waals surface area contributed by atoms with E-state index in [1.165, 1.54) is 11.3 Å². The van der Waals surface area contributed by atoms with E-state index in [1.807, 2.05) is 25.1 Å². The van der Waals surface area contributed by atoms with Crippen LogP contribution >= 0.6 is 0 Å². The maximum absolute atomic E-state index is 10.2. The zero-order valence-electron chi connectivity index (χ0n) is 15.7. The van der Waals surface area contributed by atoms with Crippen LogP contribution < -0.4 is 0 Å². The number of aromatic hydroxyl groups is 1. The molecule has 2 bridgehead atoms. The number of rotatable bonds is 3. The van der Waals surface area contributed by atoms with Crippen molar-refractivity contribution >= 4 is 10.9 Å². The molecule has 1 fully saturated rings. The van der Waals surface area contributed by atoms with Crippen molar-refractivity contribution in [3.05, 3.63) is 41.1 Å². The number of aryl methyl sites for hydroxylation is 1. The minimum atomic E-state index is 0.0522. The second kappa shape index (κ2) is 6.41. The van der Waals surface area contributed by atoms with Gasteiger partial charge in [-0.3, -0.25) is 4.90 Å². The molecule has 1 aromatic carbocycles. The lowest BCUT2D eigenvalue weighted by Gasteiger charge is -2.52. The van der Waals surface area contributed by atoms with Gasteiger partial charge in [0.15, 0.2) is 0 Å². The first kappa shape index (κ1) is 17.6. The predicted molar refractivity (Wildman–Crippen MR) is 102 cm³/mol. The lowest BCUT2D eigenvalue weighted by Crippen LogP contribution is -2.54.